The van der Waals surface area contributed by atoms with E-state index >= 15 is 0 Å². The van der Waals surface area contributed by atoms with E-state index in [9.17, 15) is 4.79 Å². The van der Waals surface area contributed by atoms with E-state index in [4.69, 9.17) is 0 Å². The molecule has 0 aromatic carbocycles. The van der Waals surface area contributed by atoms with Gasteiger partial charge >= 0.3 is 0 Å². The second-order valence-electron chi connectivity index (χ2n) is 5.66. The number of hydrogen-bond acceptors (Lipinski definition) is 5. The van der Waals surface area contributed by atoms with E-state index in [1.807, 2.05) is 30.8 Å². The molecular formula is C15H23Cl2N5OS. The van der Waals surface area contributed by atoms with Crippen LogP contribution in [-0.4, -0.2) is 33.8 Å². The van der Waals surface area contributed by atoms with Gasteiger partial charge < -0.3 is 10.6 Å². The van der Waals surface area contributed by atoms with Crippen molar-refractivity contribution < 1.29 is 4.79 Å². The SMILES string of the molecule is Cc1nc(C)c(CNC(=O)C2(n3cccn3)CCNCC2)s1.Cl.Cl. The second kappa shape index (κ2) is 8.80. The first-order valence-corrected chi connectivity index (χ1v) is 8.35. The number of thiazole rings is 1. The molecule has 3 heterocycles. The van der Waals surface area contributed by atoms with Gasteiger partial charge in [0.2, 0.25) is 5.91 Å². The van der Waals surface area contributed by atoms with Crippen molar-refractivity contribution >= 4 is 42.1 Å². The lowest BCUT2D eigenvalue weighted by atomic mass is 9.87. The fourth-order valence-electron chi connectivity index (χ4n) is 2.99. The Hall–Kier alpha value is -1.15. The van der Waals surface area contributed by atoms with Gasteiger partial charge in [-0.05, 0) is 45.8 Å². The highest BCUT2D eigenvalue weighted by molar-refractivity contribution is 7.11. The van der Waals surface area contributed by atoms with Crippen LogP contribution in [0.3, 0.4) is 0 Å². The lowest BCUT2D eigenvalue weighted by Gasteiger charge is -2.36. The van der Waals surface area contributed by atoms with Crippen molar-refractivity contribution in [3.05, 3.63) is 34.0 Å². The third kappa shape index (κ3) is 4.08. The Balaban J connectivity index is 0.00000144. The van der Waals surface area contributed by atoms with E-state index in [1.165, 1.54) is 0 Å². The van der Waals surface area contributed by atoms with Gasteiger partial charge in [-0.3, -0.25) is 9.48 Å². The molecule has 1 aliphatic rings. The Morgan fingerprint density at radius 2 is 2.08 bits per heavy atom. The summed E-state index contributed by atoms with van der Waals surface area (Å²) in [6.45, 7) is 6.16. The summed E-state index contributed by atoms with van der Waals surface area (Å²) in [7, 11) is 0. The molecule has 9 heteroatoms. The summed E-state index contributed by atoms with van der Waals surface area (Å²) in [5, 5.41) is 11.8. The number of aromatic nitrogens is 3. The molecule has 24 heavy (non-hydrogen) atoms. The number of nitrogens with one attached hydrogen (secondary N) is 2. The van der Waals surface area contributed by atoms with Crippen molar-refractivity contribution in [2.45, 2.75) is 38.8 Å². The number of amides is 1. The predicted octanol–water partition coefficient (Wildman–Crippen LogP) is 2.20. The molecule has 0 atom stereocenters. The summed E-state index contributed by atoms with van der Waals surface area (Å²) in [4.78, 5) is 18.4. The molecule has 0 bridgehead atoms. The fraction of sp³-hybridized carbons (Fsp3) is 0.533. The highest BCUT2D eigenvalue weighted by Gasteiger charge is 2.41. The number of carbonyl (C=O) groups is 1. The maximum absolute atomic E-state index is 12.9. The maximum Gasteiger partial charge on any atom is 0.248 e. The molecular weight excluding hydrogens is 369 g/mol. The molecule has 0 unspecified atom stereocenters. The molecule has 6 nitrogen and oxygen atoms in total. The molecule has 2 aromatic rings. The lowest BCUT2D eigenvalue weighted by molar-refractivity contribution is -0.132. The molecule has 2 aromatic heterocycles. The van der Waals surface area contributed by atoms with Crippen LogP contribution >= 0.6 is 36.2 Å². The Morgan fingerprint density at radius 3 is 2.62 bits per heavy atom. The quantitative estimate of drug-likeness (QED) is 0.837. The van der Waals surface area contributed by atoms with Gasteiger partial charge in [0.15, 0.2) is 0 Å². The third-order valence-corrected chi connectivity index (χ3v) is 5.28. The van der Waals surface area contributed by atoms with Crippen LogP contribution in [-0.2, 0) is 16.9 Å². The lowest BCUT2D eigenvalue weighted by Crippen LogP contribution is -2.54. The highest BCUT2D eigenvalue weighted by atomic mass is 35.5. The molecule has 1 saturated heterocycles. The molecule has 3 rings (SSSR count). The minimum absolute atomic E-state index is 0. The second-order valence-corrected chi connectivity index (χ2v) is 6.94. The first-order valence-electron chi connectivity index (χ1n) is 7.54. The minimum atomic E-state index is -0.581. The zero-order chi connectivity index (χ0) is 15.6. The summed E-state index contributed by atoms with van der Waals surface area (Å²) >= 11 is 1.64. The monoisotopic (exact) mass is 391 g/mol. The van der Waals surface area contributed by atoms with Crippen LogP contribution in [0.15, 0.2) is 18.5 Å². The Bertz CT molecular complexity index is 653. The van der Waals surface area contributed by atoms with Crippen molar-refractivity contribution in [2.24, 2.45) is 0 Å². The summed E-state index contributed by atoms with van der Waals surface area (Å²) in [5.41, 5.74) is 0.420. The minimum Gasteiger partial charge on any atom is -0.349 e. The number of carbonyl (C=O) groups excluding carboxylic acids is 1. The molecule has 0 radical (unpaired) electrons. The fourth-order valence-corrected chi connectivity index (χ4v) is 3.86. The number of aryl methyl sites for hydroxylation is 2. The molecule has 0 saturated carbocycles. The summed E-state index contributed by atoms with van der Waals surface area (Å²) < 4.78 is 1.81. The van der Waals surface area contributed by atoms with E-state index in [1.54, 1.807) is 17.5 Å². The number of rotatable bonds is 4. The van der Waals surface area contributed by atoms with E-state index in [-0.39, 0.29) is 30.7 Å². The van der Waals surface area contributed by atoms with Gasteiger partial charge in [0.25, 0.3) is 0 Å². The largest absolute Gasteiger partial charge is 0.349 e. The number of nitrogens with zero attached hydrogens (tertiary/aromatic N) is 3. The summed E-state index contributed by atoms with van der Waals surface area (Å²) in [6, 6.07) is 1.87. The third-order valence-electron chi connectivity index (χ3n) is 4.21. The van der Waals surface area contributed by atoms with Crippen molar-refractivity contribution in [1.29, 1.82) is 0 Å². The highest BCUT2D eigenvalue weighted by Crippen LogP contribution is 2.27. The van der Waals surface area contributed by atoms with Crippen LogP contribution in [0.1, 0.15) is 28.4 Å². The average molecular weight is 392 g/mol. The first kappa shape index (κ1) is 20.9. The molecule has 0 spiro atoms. The summed E-state index contributed by atoms with van der Waals surface area (Å²) in [6.07, 6.45) is 5.11. The summed E-state index contributed by atoms with van der Waals surface area (Å²) in [5.74, 6) is 0.0446. The van der Waals surface area contributed by atoms with Gasteiger partial charge in [-0.15, -0.1) is 36.2 Å². The van der Waals surface area contributed by atoms with Gasteiger partial charge in [-0.25, -0.2) is 4.98 Å². The van der Waals surface area contributed by atoms with Gasteiger partial charge in [0.05, 0.1) is 17.2 Å². The molecule has 1 fully saturated rings. The number of piperidine rings is 1. The van der Waals surface area contributed by atoms with Crippen molar-refractivity contribution in [1.82, 2.24) is 25.4 Å². The van der Waals surface area contributed by atoms with Crippen LogP contribution in [0.5, 0.6) is 0 Å². The number of halogens is 2. The van der Waals surface area contributed by atoms with E-state index < -0.39 is 5.54 Å². The van der Waals surface area contributed by atoms with Gasteiger partial charge in [-0.2, -0.15) is 5.10 Å². The zero-order valence-corrected chi connectivity index (χ0v) is 16.2. The van der Waals surface area contributed by atoms with Gasteiger partial charge in [0, 0.05) is 17.3 Å². The predicted molar refractivity (Wildman–Crippen MR) is 100 cm³/mol. The number of hydrogen-bond donors (Lipinski definition) is 2. The van der Waals surface area contributed by atoms with Crippen molar-refractivity contribution in [3.63, 3.8) is 0 Å². The first-order chi connectivity index (χ1) is 10.6. The zero-order valence-electron chi connectivity index (χ0n) is 13.7. The average Bonchev–Trinajstić information content (AvgIpc) is 3.15. The topological polar surface area (TPSA) is 71.8 Å². The normalized spacial score (nSPS) is 15.9. The van der Waals surface area contributed by atoms with Crippen molar-refractivity contribution in [3.8, 4) is 0 Å². The van der Waals surface area contributed by atoms with Gasteiger partial charge in [-0.1, -0.05) is 0 Å². The van der Waals surface area contributed by atoms with E-state index in [0.717, 1.165) is 41.5 Å². The van der Waals surface area contributed by atoms with E-state index in [2.05, 4.69) is 20.7 Å². The van der Waals surface area contributed by atoms with Crippen LogP contribution in [0, 0.1) is 13.8 Å². The van der Waals surface area contributed by atoms with E-state index in [0.29, 0.717) is 6.54 Å². The van der Waals surface area contributed by atoms with Crippen LogP contribution < -0.4 is 10.6 Å². The molecule has 1 aliphatic heterocycles. The molecule has 0 aliphatic carbocycles. The maximum atomic E-state index is 12.9. The molecule has 134 valence electrons. The van der Waals surface area contributed by atoms with Gasteiger partial charge in [0.1, 0.15) is 5.54 Å². The van der Waals surface area contributed by atoms with Crippen LogP contribution in [0.2, 0.25) is 0 Å². The van der Waals surface area contributed by atoms with Crippen molar-refractivity contribution in [2.75, 3.05) is 13.1 Å². The Morgan fingerprint density at radius 1 is 1.38 bits per heavy atom. The molecule has 2 N–H and O–H groups in total. The van der Waals surface area contributed by atoms with Crippen LogP contribution in [0.25, 0.3) is 0 Å². The standard InChI is InChI=1S/C15H21N5OS.2ClH/c1-11-13(22-12(2)19-11)10-17-14(21)15(4-7-16-8-5-15)20-9-3-6-18-20;;/h3,6,9,16H,4-5,7-8,10H2,1-2H3,(H,17,21);2*1H. The molecule has 1 amide bonds. The van der Waals surface area contributed by atoms with Crippen LogP contribution in [0.4, 0.5) is 0 Å². The Labute approximate surface area is 158 Å². The Kier molecular flexibility index (Phi) is 7.66. The smallest absolute Gasteiger partial charge is 0.248 e.